The first-order valence-corrected chi connectivity index (χ1v) is 19.0. The smallest absolute Gasteiger partial charge is 0.222 e. The number of carbonyl (C=O) groups excluding carboxylic acids is 1. The molecule has 0 heterocycles. The molecule has 0 spiro atoms. The van der Waals surface area contributed by atoms with Gasteiger partial charge in [0, 0.05) is 0 Å². The number of aliphatic hydroxyl groups is 3. The number of rotatable bonds is 34. The highest BCUT2D eigenvalue weighted by Crippen LogP contribution is 2.15. The molecule has 0 bridgehead atoms. The normalized spacial score (nSPS) is 13.9. The van der Waals surface area contributed by atoms with Gasteiger partial charge in [0.1, 0.15) is 0 Å². The average molecular weight is 610 g/mol. The predicted molar refractivity (Wildman–Crippen MR) is 185 cm³/mol. The van der Waals surface area contributed by atoms with Gasteiger partial charge in [-0.1, -0.05) is 167 Å². The molecule has 5 heteroatoms. The lowest BCUT2D eigenvalue weighted by Crippen LogP contribution is -2.46. The number of hydrogen-bond acceptors (Lipinski definition) is 4. The van der Waals surface area contributed by atoms with Gasteiger partial charge in [-0.25, -0.2) is 0 Å². The maximum atomic E-state index is 12.4. The molecule has 43 heavy (non-hydrogen) atoms. The largest absolute Gasteiger partial charge is 0.394 e. The van der Waals surface area contributed by atoms with Crippen LogP contribution in [-0.2, 0) is 4.79 Å². The lowest BCUT2D eigenvalue weighted by atomic mass is 10.0. The molecule has 0 fully saturated rings. The van der Waals surface area contributed by atoms with E-state index >= 15 is 0 Å². The van der Waals surface area contributed by atoms with Crippen molar-refractivity contribution in [2.75, 3.05) is 6.61 Å². The van der Waals surface area contributed by atoms with Crippen LogP contribution in [0.4, 0.5) is 0 Å². The molecule has 256 valence electrons. The minimum absolute atomic E-state index is 0.0282. The molecule has 0 aromatic rings. The van der Waals surface area contributed by atoms with Gasteiger partial charge >= 0.3 is 0 Å². The molecule has 0 aliphatic rings. The first-order valence-electron chi connectivity index (χ1n) is 19.0. The summed E-state index contributed by atoms with van der Waals surface area (Å²) in [5, 5.41) is 33.2. The Balaban J connectivity index is 3.69. The Kier molecular flexibility index (Phi) is 33.3. The summed E-state index contributed by atoms with van der Waals surface area (Å²) < 4.78 is 0. The van der Waals surface area contributed by atoms with Crippen LogP contribution < -0.4 is 5.32 Å². The van der Waals surface area contributed by atoms with Crippen molar-refractivity contribution in [2.45, 2.75) is 218 Å². The molecule has 0 radical (unpaired) electrons. The Morgan fingerprint density at radius 3 is 1.37 bits per heavy atom. The van der Waals surface area contributed by atoms with Gasteiger partial charge in [-0.3, -0.25) is 4.79 Å². The molecule has 3 atom stereocenters. The van der Waals surface area contributed by atoms with Crippen LogP contribution in [0.1, 0.15) is 200 Å². The van der Waals surface area contributed by atoms with E-state index < -0.39 is 18.2 Å². The maximum absolute atomic E-state index is 12.4. The number of aliphatic hydroxyl groups excluding tert-OH is 3. The minimum Gasteiger partial charge on any atom is -0.394 e. The Hall–Kier alpha value is -0.910. The number of unbranched alkanes of at least 4 members (excludes halogenated alkanes) is 23. The fourth-order valence-electron chi connectivity index (χ4n) is 5.87. The van der Waals surface area contributed by atoms with E-state index in [2.05, 4.69) is 31.3 Å². The molecule has 0 saturated heterocycles. The van der Waals surface area contributed by atoms with Crippen molar-refractivity contribution < 1.29 is 20.1 Å². The Labute approximate surface area is 268 Å². The molecular weight excluding hydrogens is 534 g/mol. The van der Waals surface area contributed by atoms with Gasteiger partial charge in [0.05, 0.1) is 31.3 Å². The van der Waals surface area contributed by atoms with Crippen molar-refractivity contribution in [3.05, 3.63) is 12.2 Å². The van der Waals surface area contributed by atoms with Crippen molar-refractivity contribution in [1.82, 2.24) is 5.32 Å². The molecule has 5 nitrogen and oxygen atoms in total. The lowest BCUT2D eigenvalue weighted by Gasteiger charge is -2.23. The second-order valence-electron chi connectivity index (χ2n) is 13.2. The standard InChI is InChI=1S/C38H75NO4/c1-3-5-7-9-11-13-15-17-19-21-23-25-27-29-31-35(41)33-38(43)39-36(34-40)37(42)32-30-28-26-24-22-20-18-16-14-12-10-8-6-4-2/h19,21,35-37,40-42H,3-18,20,22-34H2,1-2H3,(H,39,43)/b21-19-. The number of nitrogens with one attached hydrogen (secondary N) is 1. The second-order valence-corrected chi connectivity index (χ2v) is 13.2. The van der Waals surface area contributed by atoms with E-state index in [-0.39, 0.29) is 18.9 Å². The number of hydrogen-bond donors (Lipinski definition) is 4. The highest BCUT2D eigenvalue weighted by Gasteiger charge is 2.21. The molecule has 0 aliphatic carbocycles. The summed E-state index contributed by atoms with van der Waals surface area (Å²) in [5.74, 6) is -0.292. The summed E-state index contributed by atoms with van der Waals surface area (Å²) in [6.45, 7) is 4.24. The van der Waals surface area contributed by atoms with Crippen molar-refractivity contribution in [2.24, 2.45) is 0 Å². The zero-order chi connectivity index (χ0) is 31.6. The summed E-state index contributed by atoms with van der Waals surface area (Å²) >= 11 is 0. The monoisotopic (exact) mass is 610 g/mol. The summed E-state index contributed by atoms with van der Waals surface area (Å²) in [6, 6.07) is -0.658. The third kappa shape index (κ3) is 30.9. The Morgan fingerprint density at radius 1 is 0.558 bits per heavy atom. The van der Waals surface area contributed by atoms with Crippen LogP contribution in [0.3, 0.4) is 0 Å². The van der Waals surface area contributed by atoms with E-state index in [1.165, 1.54) is 128 Å². The summed E-state index contributed by atoms with van der Waals surface area (Å²) in [7, 11) is 0. The summed E-state index contributed by atoms with van der Waals surface area (Å²) in [4.78, 5) is 12.4. The third-order valence-corrected chi connectivity index (χ3v) is 8.83. The first kappa shape index (κ1) is 42.1. The van der Waals surface area contributed by atoms with Gasteiger partial charge in [0.15, 0.2) is 0 Å². The fraction of sp³-hybridized carbons (Fsp3) is 0.921. The highest BCUT2D eigenvalue weighted by molar-refractivity contribution is 5.76. The second kappa shape index (κ2) is 34.0. The SMILES string of the molecule is CCCCCCCCC/C=C\CCCCCC(O)CC(=O)NC(CO)C(O)CCCCCCCCCCCCCCCC. The van der Waals surface area contributed by atoms with Crippen molar-refractivity contribution in [3.8, 4) is 0 Å². The molecule has 1 amide bonds. The Morgan fingerprint density at radius 2 is 0.930 bits per heavy atom. The summed E-state index contributed by atoms with van der Waals surface area (Å²) in [6.07, 6.45) is 37.3. The Bertz CT molecular complexity index is 596. The molecule has 3 unspecified atom stereocenters. The topological polar surface area (TPSA) is 89.8 Å². The first-order chi connectivity index (χ1) is 21.0. The van der Waals surface area contributed by atoms with Crippen LogP contribution >= 0.6 is 0 Å². The van der Waals surface area contributed by atoms with E-state index in [0.29, 0.717) is 12.8 Å². The van der Waals surface area contributed by atoms with E-state index in [0.717, 1.165) is 38.5 Å². The molecule has 0 saturated carbocycles. The van der Waals surface area contributed by atoms with Gasteiger partial charge in [-0.05, 0) is 38.5 Å². The molecule has 0 aromatic heterocycles. The van der Waals surface area contributed by atoms with Crippen LogP contribution in [0.2, 0.25) is 0 Å². The van der Waals surface area contributed by atoms with Gasteiger partial charge < -0.3 is 20.6 Å². The van der Waals surface area contributed by atoms with Crippen molar-refractivity contribution in [1.29, 1.82) is 0 Å². The molecule has 0 rings (SSSR count). The van der Waals surface area contributed by atoms with Crippen LogP contribution in [0.15, 0.2) is 12.2 Å². The van der Waals surface area contributed by atoms with Crippen LogP contribution in [0.25, 0.3) is 0 Å². The van der Waals surface area contributed by atoms with E-state index in [4.69, 9.17) is 0 Å². The third-order valence-electron chi connectivity index (χ3n) is 8.83. The molecule has 0 aromatic carbocycles. The summed E-state index contributed by atoms with van der Waals surface area (Å²) in [5.41, 5.74) is 0. The van der Waals surface area contributed by atoms with E-state index in [1.807, 2.05) is 0 Å². The van der Waals surface area contributed by atoms with Crippen LogP contribution in [0.5, 0.6) is 0 Å². The zero-order valence-corrected chi connectivity index (χ0v) is 28.8. The zero-order valence-electron chi connectivity index (χ0n) is 28.8. The molecule has 0 aliphatic heterocycles. The fourth-order valence-corrected chi connectivity index (χ4v) is 5.87. The van der Waals surface area contributed by atoms with E-state index in [1.54, 1.807) is 0 Å². The lowest BCUT2D eigenvalue weighted by molar-refractivity contribution is -0.125. The predicted octanol–water partition coefficient (Wildman–Crippen LogP) is 10.1. The van der Waals surface area contributed by atoms with Crippen LogP contribution in [-0.4, -0.2) is 46.1 Å². The van der Waals surface area contributed by atoms with Gasteiger partial charge in [0.25, 0.3) is 0 Å². The van der Waals surface area contributed by atoms with Gasteiger partial charge in [0.2, 0.25) is 5.91 Å². The minimum atomic E-state index is -0.748. The average Bonchev–Trinajstić information content (AvgIpc) is 3.00. The quantitative estimate of drug-likeness (QED) is 0.0432. The van der Waals surface area contributed by atoms with Gasteiger partial charge in [-0.2, -0.15) is 0 Å². The van der Waals surface area contributed by atoms with Crippen molar-refractivity contribution >= 4 is 5.91 Å². The van der Waals surface area contributed by atoms with Crippen molar-refractivity contribution in [3.63, 3.8) is 0 Å². The number of allylic oxidation sites excluding steroid dienone is 2. The highest BCUT2D eigenvalue weighted by atomic mass is 16.3. The number of amides is 1. The van der Waals surface area contributed by atoms with E-state index in [9.17, 15) is 20.1 Å². The molecule has 4 N–H and O–H groups in total. The van der Waals surface area contributed by atoms with Crippen LogP contribution in [0, 0.1) is 0 Å². The molecular formula is C38H75NO4. The maximum Gasteiger partial charge on any atom is 0.222 e. The van der Waals surface area contributed by atoms with Gasteiger partial charge in [-0.15, -0.1) is 0 Å². The number of carbonyl (C=O) groups is 1.